The van der Waals surface area contributed by atoms with E-state index in [0.29, 0.717) is 0 Å². The van der Waals surface area contributed by atoms with Crippen LogP contribution >= 0.6 is 15.9 Å². The molecule has 0 aliphatic heterocycles. The highest BCUT2D eigenvalue weighted by molar-refractivity contribution is 9.11. The zero-order chi connectivity index (χ0) is 6.53. The normalized spacial score (nSPS) is 18.6. The molecule has 1 rings (SSSR count). The standard InChI is InChI=1S/C8H9Br/c9-7-6-8-4-2-1-3-5-8/h1-2,4,6-7H,3,5H2. The summed E-state index contributed by atoms with van der Waals surface area (Å²) in [6.45, 7) is 0. The Labute approximate surface area is 64.1 Å². The average Bonchev–Trinajstić information content (AvgIpc) is 1.91. The van der Waals surface area contributed by atoms with Crippen molar-refractivity contribution in [2.24, 2.45) is 0 Å². The van der Waals surface area contributed by atoms with Crippen LogP contribution in [0.4, 0.5) is 0 Å². The number of hydrogen-bond acceptors (Lipinski definition) is 0. The van der Waals surface area contributed by atoms with E-state index in [9.17, 15) is 0 Å². The lowest BCUT2D eigenvalue weighted by Crippen LogP contribution is -1.80. The molecule has 1 heteroatoms. The Morgan fingerprint density at radius 2 is 2.44 bits per heavy atom. The van der Waals surface area contributed by atoms with E-state index in [2.05, 4.69) is 40.2 Å². The van der Waals surface area contributed by atoms with Gasteiger partial charge in [0.2, 0.25) is 0 Å². The van der Waals surface area contributed by atoms with Crippen LogP contribution in [-0.4, -0.2) is 0 Å². The van der Waals surface area contributed by atoms with E-state index in [-0.39, 0.29) is 0 Å². The van der Waals surface area contributed by atoms with Crippen LogP contribution in [0.2, 0.25) is 0 Å². The summed E-state index contributed by atoms with van der Waals surface area (Å²) < 4.78 is 0. The summed E-state index contributed by atoms with van der Waals surface area (Å²) in [5, 5.41) is 0. The summed E-state index contributed by atoms with van der Waals surface area (Å²) >= 11 is 3.24. The van der Waals surface area contributed by atoms with Gasteiger partial charge in [-0.3, -0.25) is 0 Å². The predicted molar refractivity (Wildman–Crippen MR) is 44.5 cm³/mol. The van der Waals surface area contributed by atoms with Crippen LogP contribution in [0, 0.1) is 0 Å². The molecule has 0 aromatic carbocycles. The minimum atomic E-state index is 1.18. The van der Waals surface area contributed by atoms with Gasteiger partial charge < -0.3 is 0 Å². The second-order valence-electron chi connectivity index (χ2n) is 2.00. The van der Waals surface area contributed by atoms with Crippen LogP contribution in [0.3, 0.4) is 0 Å². The van der Waals surface area contributed by atoms with Gasteiger partial charge in [0.05, 0.1) is 0 Å². The molecular weight excluding hydrogens is 176 g/mol. The van der Waals surface area contributed by atoms with Crippen LogP contribution in [0.1, 0.15) is 12.8 Å². The van der Waals surface area contributed by atoms with E-state index in [1.165, 1.54) is 18.4 Å². The quantitative estimate of drug-likeness (QED) is 0.588. The highest BCUT2D eigenvalue weighted by Gasteiger charge is 1.92. The summed E-state index contributed by atoms with van der Waals surface area (Å²) in [6.07, 6.45) is 10.9. The smallest absolute Gasteiger partial charge is 0.0186 e. The molecule has 0 saturated heterocycles. The maximum Gasteiger partial charge on any atom is -0.0186 e. The van der Waals surface area contributed by atoms with Crippen molar-refractivity contribution in [1.29, 1.82) is 0 Å². The first kappa shape index (κ1) is 6.81. The van der Waals surface area contributed by atoms with E-state index >= 15 is 0 Å². The summed E-state index contributed by atoms with van der Waals surface area (Å²) in [5.41, 5.74) is 1.40. The lowest BCUT2D eigenvalue weighted by atomic mass is 10.1. The number of allylic oxidation sites excluding steroid dienone is 5. The molecule has 0 unspecified atom stereocenters. The van der Waals surface area contributed by atoms with E-state index in [1.54, 1.807) is 0 Å². The molecule has 0 aromatic heterocycles. The van der Waals surface area contributed by atoms with Gasteiger partial charge in [0.15, 0.2) is 0 Å². The highest BCUT2D eigenvalue weighted by Crippen LogP contribution is 2.12. The first-order valence-electron chi connectivity index (χ1n) is 3.06. The van der Waals surface area contributed by atoms with Crippen molar-refractivity contribution in [2.75, 3.05) is 0 Å². The van der Waals surface area contributed by atoms with Gasteiger partial charge in [-0.1, -0.05) is 40.2 Å². The molecule has 0 N–H and O–H groups in total. The molecule has 0 fully saturated rings. The largest absolute Gasteiger partial charge is 0.0842 e. The SMILES string of the molecule is BrC=CC1=CC=CCC1. The van der Waals surface area contributed by atoms with Crippen molar-refractivity contribution in [3.8, 4) is 0 Å². The van der Waals surface area contributed by atoms with E-state index in [0.717, 1.165) is 0 Å². The molecule has 0 heterocycles. The van der Waals surface area contributed by atoms with Gasteiger partial charge in [-0.2, -0.15) is 0 Å². The lowest BCUT2D eigenvalue weighted by Gasteiger charge is -2.00. The Hall–Kier alpha value is -0.300. The maximum atomic E-state index is 3.24. The maximum absolute atomic E-state index is 3.24. The van der Waals surface area contributed by atoms with Gasteiger partial charge in [0, 0.05) is 0 Å². The van der Waals surface area contributed by atoms with Crippen LogP contribution in [0.25, 0.3) is 0 Å². The number of hydrogen-bond donors (Lipinski definition) is 0. The summed E-state index contributed by atoms with van der Waals surface area (Å²) in [4.78, 5) is 1.90. The highest BCUT2D eigenvalue weighted by atomic mass is 79.9. The fourth-order valence-electron chi connectivity index (χ4n) is 0.841. The molecule has 9 heavy (non-hydrogen) atoms. The van der Waals surface area contributed by atoms with Gasteiger partial charge in [0.25, 0.3) is 0 Å². The Morgan fingerprint density at radius 3 is 3.00 bits per heavy atom. The molecule has 0 saturated carbocycles. The van der Waals surface area contributed by atoms with Gasteiger partial charge in [-0.05, 0) is 23.4 Å². The molecule has 0 aromatic rings. The monoisotopic (exact) mass is 184 g/mol. The summed E-state index contributed by atoms with van der Waals surface area (Å²) in [5.74, 6) is 0. The first-order chi connectivity index (χ1) is 4.43. The molecule has 0 bridgehead atoms. The van der Waals surface area contributed by atoms with Crippen LogP contribution in [0.15, 0.2) is 34.9 Å². The molecule has 0 radical (unpaired) electrons. The van der Waals surface area contributed by atoms with Crippen molar-refractivity contribution in [3.05, 3.63) is 34.9 Å². The molecule has 1 aliphatic rings. The third kappa shape index (κ3) is 2.19. The Kier molecular flexibility index (Phi) is 2.78. The third-order valence-electron chi connectivity index (χ3n) is 1.32. The van der Waals surface area contributed by atoms with Crippen LogP contribution in [0.5, 0.6) is 0 Å². The van der Waals surface area contributed by atoms with Gasteiger partial charge in [-0.15, -0.1) is 0 Å². The number of halogens is 1. The van der Waals surface area contributed by atoms with Crippen molar-refractivity contribution >= 4 is 15.9 Å². The zero-order valence-corrected chi connectivity index (χ0v) is 6.76. The molecule has 1 aliphatic carbocycles. The van der Waals surface area contributed by atoms with Crippen molar-refractivity contribution in [1.82, 2.24) is 0 Å². The van der Waals surface area contributed by atoms with E-state index in [4.69, 9.17) is 0 Å². The minimum Gasteiger partial charge on any atom is -0.0842 e. The Balaban J connectivity index is 2.57. The fraction of sp³-hybridized carbons (Fsp3) is 0.250. The fourth-order valence-corrected chi connectivity index (χ4v) is 1.18. The second kappa shape index (κ2) is 3.67. The molecule has 0 nitrogen and oxygen atoms in total. The first-order valence-corrected chi connectivity index (χ1v) is 3.97. The third-order valence-corrected chi connectivity index (χ3v) is 1.59. The van der Waals surface area contributed by atoms with Crippen molar-refractivity contribution < 1.29 is 0 Å². The minimum absolute atomic E-state index is 1.18. The van der Waals surface area contributed by atoms with E-state index in [1.807, 2.05) is 4.99 Å². The van der Waals surface area contributed by atoms with Gasteiger partial charge in [0.1, 0.15) is 0 Å². The average molecular weight is 185 g/mol. The molecule has 48 valence electrons. The topological polar surface area (TPSA) is 0 Å². The second-order valence-corrected chi connectivity index (χ2v) is 2.53. The van der Waals surface area contributed by atoms with E-state index < -0.39 is 0 Å². The molecule has 0 amide bonds. The van der Waals surface area contributed by atoms with Crippen LogP contribution in [-0.2, 0) is 0 Å². The molecule has 0 spiro atoms. The summed E-state index contributed by atoms with van der Waals surface area (Å²) in [6, 6.07) is 0. The molecule has 0 atom stereocenters. The Bertz CT molecular complexity index is 163. The van der Waals surface area contributed by atoms with Crippen LogP contribution < -0.4 is 0 Å². The Morgan fingerprint density at radius 1 is 1.56 bits per heavy atom. The van der Waals surface area contributed by atoms with Crippen molar-refractivity contribution in [2.45, 2.75) is 12.8 Å². The van der Waals surface area contributed by atoms with Crippen molar-refractivity contribution in [3.63, 3.8) is 0 Å². The predicted octanol–water partition coefficient (Wildman–Crippen LogP) is 3.17. The summed E-state index contributed by atoms with van der Waals surface area (Å²) in [7, 11) is 0. The molecular formula is C8H9Br. The zero-order valence-electron chi connectivity index (χ0n) is 5.18. The lowest BCUT2D eigenvalue weighted by molar-refractivity contribution is 0.991. The number of rotatable bonds is 1. The van der Waals surface area contributed by atoms with Gasteiger partial charge in [-0.25, -0.2) is 0 Å². The van der Waals surface area contributed by atoms with Gasteiger partial charge >= 0.3 is 0 Å².